The van der Waals surface area contributed by atoms with Gasteiger partial charge < -0.3 is 24.7 Å². The molecule has 0 saturated carbocycles. The summed E-state index contributed by atoms with van der Waals surface area (Å²) in [6.07, 6.45) is 2.09. The first-order valence-corrected chi connectivity index (χ1v) is 17.9. The number of unbranched alkanes of at least 4 members (excludes halogenated alkanes) is 1. The standard InChI is InChI=1S/C36H69N5O8/c1-33(2,3)46-29(42)25-38-17-19-39(26-30(43)47-34(4,5)6)21-23-41(28(15-13-14-16-37)32(45)49-36(10,11)12)24-22-40(20-18-38)27-31(44)48-35(7,8)9/h28H,13-27,37H2,1-12H3. The van der Waals surface area contributed by atoms with Crippen LogP contribution in [0.25, 0.3) is 0 Å². The summed E-state index contributed by atoms with van der Waals surface area (Å²) in [5.41, 5.74) is 3.24. The minimum atomic E-state index is -0.668. The van der Waals surface area contributed by atoms with Gasteiger partial charge in [0.2, 0.25) is 0 Å². The van der Waals surface area contributed by atoms with Crippen LogP contribution in [0.15, 0.2) is 0 Å². The number of hydrogen-bond acceptors (Lipinski definition) is 13. The van der Waals surface area contributed by atoms with Crippen LogP contribution < -0.4 is 5.73 Å². The summed E-state index contributed by atoms with van der Waals surface area (Å²) in [7, 11) is 0. The predicted octanol–water partition coefficient (Wildman–Crippen LogP) is 3.07. The van der Waals surface area contributed by atoms with E-state index >= 15 is 0 Å². The minimum Gasteiger partial charge on any atom is -0.459 e. The van der Waals surface area contributed by atoms with Crippen LogP contribution in [0, 0.1) is 0 Å². The lowest BCUT2D eigenvalue weighted by molar-refractivity contribution is -0.163. The second-order valence-corrected chi connectivity index (χ2v) is 17.0. The van der Waals surface area contributed by atoms with Crippen molar-refractivity contribution in [3.05, 3.63) is 0 Å². The largest absolute Gasteiger partial charge is 0.459 e. The molecule has 1 aliphatic heterocycles. The third-order valence-corrected chi connectivity index (χ3v) is 7.24. The third kappa shape index (κ3) is 22.2. The van der Waals surface area contributed by atoms with E-state index in [4.69, 9.17) is 24.7 Å². The van der Waals surface area contributed by atoms with Gasteiger partial charge in [-0.25, -0.2) is 0 Å². The molecule has 0 amide bonds. The number of carbonyl (C=O) groups excluding carboxylic acids is 4. The summed E-state index contributed by atoms with van der Waals surface area (Å²) in [4.78, 5) is 60.8. The summed E-state index contributed by atoms with van der Waals surface area (Å²) in [6, 6.07) is -0.538. The van der Waals surface area contributed by atoms with Crippen LogP contribution in [-0.2, 0) is 38.1 Å². The van der Waals surface area contributed by atoms with Crippen LogP contribution in [-0.4, -0.2) is 150 Å². The molecule has 1 rings (SSSR count). The van der Waals surface area contributed by atoms with Crippen molar-refractivity contribution >= 4 is 23.9 Å². The molecule has 0 aliphatic carbocycles. The zero-order chi connectivity index (χ0) is 37.6. The first-order valence-electron chi connectivity index (χ1n) is 17.9. The Morgan fingerprint density at radius 3 is 1.10 bits per heavy atom. The molecule has 0 aromatic carbocycles. The average Bonchev–Trinajstić information content (AvgIpc) is 2.87. The third-order valence-electron chi connectivity index (χ3n) is 7.24. The van der Waals surface area contributed by atoms with Crippen molar-refractivity contribution in [2.45, 2.75) is 131 Å². The molecular formula is C36H69N5O8. The maximum absolute atomic E-state index is 13.7. The van der Waals surface area contributed by atoms with Crippen LogP contribution in [0.3, 0.4) is 0 Å². The molecule has 286 valence electrons. The first-order chi connectivity index (χ1) is 22.4. The van der Waals surface area contributed by atoms with Crippen molar-refractivity contribution in [2.24, 2.45) is 5.73 Å². The normalized spacial score (nSPS) is 18.1. The molecule has 0 bridgehead atoms. The fourth-order valence-corrected chi connectivity index (χ4v) is 5.31. The zero-order valence-corrected chi connectivity index (χ0v) is 32.8. The second kappa shape index (κ2) is 19.9. The van der Waals surface area contributed by atoms with Crippen LogP contribution in [0.2, 0.25) is 0 Å². The quantitative estimate of drug-likeness (QED) is 0.181. The molecule has 1 heterocycles. The lowest BCUT2D eigenvalue weighted by Crippen LogP contribution is -2.53. The van der Waals surface area contributed by atoms with Gasteiger partial charge in [0.1, 0.15) is 28.4 Å². The molecular weight excluding hydrogens is 630 g/mol. The Morgan fingerprint density at radius 1 is 0.510 bits per heavy atom. The van der Waals surface area contributed by atoms with Gasteiger partial charge in [0.15, 0.2) is 0 Å². The van der Waals surface area contributed by atoms with Gasteiger partial charge in [-0.05, 0) is 102 Å². The van der Waals surface area contributed by atoms with Gasteiger partial charge in [0, 0.05) is 52.4 Å². The lowest BCUT2D eigenvalue weighted by atomic mass is 10.1. The zero-order valence-electron chi connectivity index (χ0n) is 32.8. The number of nitrogens with two attached hydrogens (primary N) is 1. The Hall–Kier alpha value is -2.32. The molecule has 1 unspecified atom stereocenters. The van der Waals surface area contributed by atoms with E-state index in [1.165, 1.54) is 0 Å². The Balaban J connectivity index is 3.48. The van der Waals surface area contributed by atoms with E-state index in [-0.39, 0.29) is 43.5 Å². The van der Waals surface area contributed by atoms with E-state index < -0.39 is 28.4 Å². The van der Waals surface area contributed by atoms with Gasteiger partial charge in [-0.15, -0.1) is 0 Å². The summed E-state index contributed by atoms with van der Waals surface area (Å²) < 4.78 is 22.8. The Labute approximate surface area is 296 Å². The highest BCUT2D eigenvalue weighted by Crippen LogP contribution is 2.18. The van der Waals surface area contributed by atoms with Crippen molar-refractivity contribution in [3.8, 4) is 0 Å². The van der Waals surface area contributed by atoms with E-state index in [2.05, 4.69) is 4.90 Å². The van der Waals surface area contributed by atoms with E-state index in [9.17, 15) is 19.2 Å². The predicted molar refractivity (Wildman–Crippen MR) is 191 cm³/mol. The minimum absolute atomic E-state index is 0.0560. The number of rotatable bonds is 12. The number of ether oxygens (including phenoxy) is 4. The van der Waals surface area contributed by atoms with Gasteiger partial charge in [-0.3, -0.25) is 38.8 Å². The van der Waals surface area contributed by atoms with Crippen molar-refractivity contribution < 1.29 is 38.1 Å². The monoisotopic (exact) mass is 700 g/mol. The van der Waals surface area contributed by atoms with E-state index in [0.29, 0.717) is 65.3 Å². The Kier molecular flexibility index (Phi) is 18.2. The van der Waals surface area contributed by atoms with Gasteiger partial charge in [0.25, 0.3) is 0 Å². The molecule has 0 aromatic rings. The maximum Gasteiger partial charge on any atom is 0.323 e. The fourth-order valence-electron chi connectivity index (χ4n) is 5.31. The van der Waals surface area contributed by atoms with Crippen molar-refractivity contribution in [2.75, 3.05) is 78.5 Å². The molecule has 49 heavy (non-hydrogen) atoms. The van der Waals surface area contributed by atoms with Crippen LogP contribution in [0.4, 0.5) is 0 Å². The smallest absolute Gasteiger partial charge is 0.323 e. The molecule has 1 aliphatic rings. The molecule has 0 radical (unpaired) electrons. The summed E-state index contributed by atoms with van der Waals surface area (Å²) >= 11 is 0. The average molecular weight is 700 g/mol. The van der Waals surface area contributed by atoms with Crippen LogP contribution in [0.5, 0.6) is 0 Å². The van der Waals surface area contributed by atoms with Gasteiger partial charge in [-0.2, -0.15) is 0 Å². The second-order valence-electron chi connectivity index (χ2n) is 17.0. The van der Waals surface area contributed by atoms with E-state index in [1.54, 1.807) is 0 Å². The molecule has 13 heteroatoms. The SMILES string of the molecule is CC(C)(C)OC(=O)CN1CCN(CC(=O)OC(C)(C)C)CCN(C(CCCCN)C(=O)OC(C)(C)C)CCN(CC(=O)OC(C)(C)C)CC1. The van der Waals surface area contributed by atoms with Crippen molar-refractivity contribution in [1.82, 2.24) is 19.6 Å². The summed E-state index contributed by atoms with van der Waals surface area (Å²) in [5.74, 6) is -1.35. The van der Waals surface area contributed by atoms with Crippen LogP contribution in [0.1, 0.15) is 102 Å². The molecule has 0 aromatic heterocycles. The van der Waals surface area contributed by atoms with Gasteiger partial charge >= 0.3 is 23.9 Å². The summed E-state index contributed by atoms with van der Waals surface area (Å²) in [6.45, 7) is 26.5. The molecule has 1 fully saturated rings. The Morgan fingerprint density at radius 2 is 0.816 bits per heavy atom. The number of hydrogen-bond donors (Lipinski definition) is 1. The van der Waals surface area contributed by atoms with Gasteiger partial charge in [0.05, 0.1) is 19.6 Å². The van der Waals surface area contributed by atoms with Crippen molar-refractivity contribution in [3.63, 3.8) is 0 Å². The van der Waals surface area contributed by atoms with Crippen LogP contribution >= 0.6 is 0 Å². The highest BCUT2D eigenvalue weighted by atomic mass is 16.6. The number of nitrogens with zero attached hydrogens (tertiary/aromatic N) is 4. The first kappa shape index (κ1) is 44.7. The highest BCUT2D eigenvalue weighted by molar-refractivity contribution is 5.76. The van der Waals surface area contributed by atoms with E-state index in [0.717, 1.165) is 12.8 Å². The maximum atomic E-state index is 13.7. The molecule has 2 N–H and O–H groups in total. The van der Waals surface area contributed by atoms with Crippen molar-refractivity contribution in [1.29, 1.82) is 0 Å². The molecule has 0 spiro atoms. The molecule has 1 saturated heterocycles. The van der Waals surface area contributed by atoms with Gasteiger partial charge in [-0.1, -0.05) is 6.42 Å². The number of carbonyl (C=O) groups is 4. The number of esters is 4. The topological polar surface area (TPSA) is 144 Å². The molecule has 13 nitrogen and oxygen atoms in total. The fraction of sp³-hybridized carbons (Fsp3) is 0.889. The lowest BCUT2D eigenvalue weighted by Gasteiger charge is -2.37. The Bertz CT molecular complexity index is 996. The van der Waals surface area contributed by atoms with E-state index in [1.807, 2.05) is 97.8 Å². The highest BCUT2D eigenvalue weighted by Gasteiger charge is 2.32. The summed E-state index contributed by atoms with van der Waals surface area (Å²) in [5, 5.41) is 0. The molecule has 1 atom stereocenters.